The van der Waals surface area contributed by atoms with E-state index in [4.69, 9.17) is 5.11 Å². The minimum atomic E-state index is -4.46. The summed E-state index contributed by atoms with van der Waals surface area (Å²) in [5, 5.41) is 8.50. The van der Waals surface area contributed by atoms with Crippen molar-refractivity contribution in [1.82, 2.24) is 0 Å². The molecule has 0 amide bonds. The highest BCUT2D eigenvalue weighted by atomic mass is 79.9. The molecule has 0 bridgehead atoms. The summed E-state index contributed by atoms with van der Waals surface area (Å²) in [6.07, 6.45) is -4.89. The van der Waals surface area contributed by atoms with Crippen LogP contribution in [0.4, 0.5) is 13.2 Å². The van der Waals surface area contributed by atoms with Gasteiger partial charge < -0.3 is 5.11 Å². The molecule has 0 spiro atoms. The highest BCUT2D eigenvalue weighted by Crippen LogP contribution is 2.29. The smallest absolute Gasteiger partial charge is 0.416 e. The first-order valence-corrected chi connectivity index (χ1v) is 5.70. The number of Topliss-reactive ketones (excluding diaryl/α,β-unsaturated/α-hetero) is 1. The molecule has 18 heavy (non-hydrogen) atoms. The van der Waals surface area contributed by atoms with Gasteiger partial charge in [0.05, 0.1) is 16.8 Å². The molecule has 0 radical (unpaired) electrons. The fourth-order valence-electron chi connectivity index (χ4n) is 1.25. The zero-order valence-corrected chi connectivity index (χ0v) is 10.5. The normalized spacial score (nSPS) is 13.1. The SMILES string of the molecule is O=C(O)CC(Br)C(=O)c1ccc(C(F)(F)F)cc1. The maximum absolute atomic E-state index is 12.3. The predicted octanol–water partition coefficient (Wildman–Crippen LogP) is 3.13. The van der Waals surface area contributed by atoms with Gasteiger partial charge in [0.15, 0.2) is 5.78 Å². The Hall–Kier alpha value is -1.37. The second kappa shape index (κ2) is 5.51. The molecule has 0 aliphatic rings. The van der Waals surface area contributed by atoms with E-state index in [1.807, 2.05) is 0 Å². The Bertz CT molecular complexity index is 454. The summed E-state index contributed by atoms with van der Waals surface area (Å²) < 4.78 is 36.8. The van der Waals surface area contributed by atoms with Gasteiger partial charge in [-0.15, -0.1) is 0 Å². The van der Waals surface area contributed by atoms with Crippen molar-refractivity contribution in [1.29, 1.82) is 0 Å². The van der Waals surface area contributed by atoms with Crippen molar-refractivity contribution in [2.45, 2.75) is 17.4 Å². The zero-order chi connectivity index (χ0) is 13.9. The molecule has 0 aromatic heterocycles. The van der Waals surface area contributed by atoms with E-state index < -0.39 is 34.7 Å². The van der Waals surface area contributed by atoms with E-state index in [0.717, 1.165) is 24.3 Å². The number of hydrogen-bond donors (Lipinski definition) is 1. The maximum atomic E-state index is 12.3. The molecular formula is C11H8BrF3O3. The summed E-state index contributed by atoms with van der Waals surface area (Å²) in [5.41, 5.74) is -0.825. The van der Waals surface area contributed by atoms with Crippen LogP contribution in [-0.2, 0) is 11.0 Å². The highest BCUT2D eigenvalue weighted by Gasteiger charge is 2.30. The van der Waals surface area contributed by atoms with Crippen molar-refractivity contribution in [3.63, 3.8) is 0 Å². The van der Waals surface area contributed by atoms with Crippen molar-refractivity contribution in [3.8, 4) is 0 Å². The Morgan fingerprint density at radius 2 is 1.72 bits per heavy atom. The van der Waals surface area contributed by atoms with Crippen molar-refractivity contribution < 1.29 is 27.9 Å². The molecule has 1 aromatic carbocycles. The van der Waals surface area contributed by atoms with Gasteiger partial charge in [-0.2, -0.15) is 13.2 Å². The number of alkyl halides is 4. The molecule has 1 N–H and O–H groups in total. The number of rotatable bonds is 4. The third-order valence-corrected chi connectivity index (χ3v) is 2.87. The Morgan fingerprint density at radius 3 is 2.11 bits per heavy atom. The number of ketones is 1. The van der Waals surface area contributed by atoms with Gasteiger partial charge in [0.25, 0.3) is 0 Å². The molecule has 0 fully saturated rings. The van der Waals surface area contributed by atoms with Crippen LogP contribution in [0.25, 0.3) is 0 Å². The number of carbonyl (C=O) groups excluding carboxylic acids is 1. The molecule has 7 heteroatoms. The topological polar surface area (TPSA) is 54.4 Å². The Labute approximate surface area is 109 Å². The fourth-order valence-corrected chi connectivity index (χ4v) is 1.79. The van der Waals surface area contributed by atoms with Gasteiger partial charge in [-0.05, 0) is 12.1 Å². The van der Waals surface area contributed by atoms with Crippen molar-refractivity contribution in [2.24, 2.45) is 0 Å². The zero-order valence-electron chi connectivity index (χ0n) is 8.87. The van der Waals surface area contributed by atoms with Gasteiger partial charge in [-0.25, -0.2) is 0 Å². The summed E-state index contributed by atoms with van der Waals surface area (Å²) in [4.78, 5) is 21.1. The minimum Gasteiger partial charge on any atom is -0.481 e. The first-order chi connectivity index (χ1) is 8.21. The van der Waals surface area contributed by atoms with Crippen LogP contribution in [0, 0.1) is 0 Å². The molecule has 1 aromatic rings. The molecule has 1 atom stereocenters. The van der Waals surface area contributed by atoms with Crippen molar-refractivity contribution in [3.05, 3.63) is 35.4 Å². The molecule has 1 rings (SSSR count). The molecule has 0 saturated heterocycles. The second-order valence-electron chi connectivity index (χ2n) is 3.50. The van der Waals surface area contributed by atoms with Gasteiger partial charge in [0.1, 0.15) is 0 Å². The first kappa shape index (κ1) is 14.7. The summed E-state index contributed by atoms with van der Waals surface area (Å²) in [6.45, 7) is 0. The van der Waals surface area contributed by atoms with Crippen LogP contribution in [0.1, 0.15) is 22.3 Å². The standard InChI is InChI=1S/C11H8BrF3O3/c12-8(5-9(16)17)10(18)6-1-3-7(4-2-6)11(13,14)15/h1-4,8H,5H2,(H,16,17). The number of carboxylic acid groups (broad SMARTS) is 1. The average Bonchev–Trinajstić information content (AvgIpc) is 2.26. The molecule has 0 aliphatic carbocycles. The van der Waals surface area contributed by atoms with Crippen LogP contribution >= 0.6 is 15.9 Å². The van der Waals surface area contributed by atoms with E-state index in [0.29, 0.717) is 0 Å². The van der Waals surface area contributed by atoms with Crippen LogP contribution in [0.5, 0.6) is 0 Å². The van der Waals surface area contributed by atoms with Crippen LogP contribution in [0.3, 0.4) is 0 Å². The van der Waals surface area contributed by atoms with E-state index in [2.05, 4.69) is 15.9 Å². The van der Waals surface area contributed by atoms with Gasteiger partial charge in [0, 0.05) is 5.56 Å². The lowest BCUT2D eigenvalue weighted by Gasteiger charge is -2.09. The Balaban J connectivity index is 2.85. The summed E-state index contributed by atoms with van der Waals surface area (Å²) in [5.74, 6) is -1.73. The van der Waals surface area contributed by atoms with Crippen molar-refractivity contribution >= 4 is 27.7 Å². The van der Waals surface area contributed by atoms with E-state index >= 15 is 0 Å². The Kier molecular flexibility index (Phi) is 4.50. The van der Waals surface area contributed by atoms with Crippen LogP contribution in [0.15, 0.2) is 24.3 Å². The van der Waals surface area contributed by atoms with Gasteiger partial charge >= 0.3 is 12.1 Å². The van der Waals surface area contributed by atoms with Crippen LogP contribution in [0.2, 0.25) is 0 Å². The number of aliphatic carboxylic acids is 1. The van der Waals surface area contributed by atoms with Gasteiger partial charge in [-0.3, -0.25) is 9.59 Å². The molecule has 0 saturated carbocycles. The largest absolute Gasteiger partial charge is 0.481 e. The molecule has 98 valence electrons. The van der Waals surface area contributed by atoms with Crippen LogP contribution < -0.4 is 0 Å². The maximum Gasteiger partial charge on any atom is 0.416 e. The predicted molar refractivity (Wildman–Crippen MR) is 60.7 cm³/mol. The monoisotopic (exact) mass is 324 g/mol. The number of benzene rings is 1. The quantitative estimate of drug-likeness (QED) is 0.683. The number of carbonyl (C=O) groups is 2. The third-order valence-electron chi connectivity index (χ3n) is 2.14. The minimum absolute atomic E-state index is 0.0334. The summed E-state index contributed by atoms with van der Waals surface area (Å²) in [6, 6.07) is 3.63. The molecule has 1 unspecified atom stereocenters. The van der Waals surface area contributed by atoms with E-state index in [1.54, 1.807) is 0 Å². The van der Waals surface area contributed by atoms with Gasteiger partial charge in [-0.1, -0.05) is 28.1 Å². The third kappa shape index (κ3) is 3.83. The van der Waals surface area contributed by atoms with Crippen molar-refractivity contribution in [2.75, 3.05) is 0 Å². The summed E-state index contributed by atoms with van der Waals surface area (Å²) in [7, 11) is 0. The molecule has 0 heterocycles. The molecule has 0 aliphatic heterocycles. The number of halogens is 4. The van der Waals surface area contributed by atoms with E-state index in [-0.39, 0.29) is 5.56 Å². The second-order valence-corrected chi connectivity index (χ2v) is 4.61. The highest BCUT2D eigenvalue weighted by molar-refractivity contribution is 9.10. The van der Waals surface area contributed by atoms with E-state index in [1.165, 1.54) is 0 Å². The lowest BCUT2D eigenvalue weighted by molar-refractivity contribution is -0.138. The molecular weight excluding hydrogens is 317 g/mol. The Morgan fingerprint density at radius 1 is 1.22 bits per heavy atom. The lowest BCUT2D eigenvalue weighted by Crippen LogP contribution is -2.18. The van der Waals surface area contributed by atoms with E-state index in [9.17, 15) is 22.8 Å². The lowest BCUT2D eigenvalue weighted by atomic mass is 10.0. The number of hydrogen-bond acceptors (Lipinski definition) is 2. The average molecular weight is 325 g/mol. The fraction of sp³-hybridized carbons (Fsp3) is 0.273. The van der Waals surface area contributed by atoms with Crippen LogP contribution in [-0.4, -0.2) is 21.7 Å². The van der Waals surface area contributed by atoms with Gasteiger partial charge in [0.2, 0.25) is 0 Å². The summed E-state index contributed by atoms with van der Waals surface area (Å²) >= 11 is 2.89. The first-order valence-electron chi connectivity index (χ1n) is 4.79. The number of carboxylic acids is 1. The molecule has 3 nitrogen and oxygen atoms in total.